The topological polar surface area (TPSA) is 107 Å². The van der Waals surface area contributed by atoms with Gasteiger partial charge in [0.1, 0.15) is 0 Å². The number of sulfonamides is 1. The van der Waals surface area contributed by atoms with Crippen molar-refractivity contribution in [2.24, 2.45) is 5.92 Å². The lowest BCUT2D eigenvalue weighted by Gasteiger charge is -2.31. The highest BCUT2D eigenvalue weighted by Crippen LogP contribution is 2.35. The van der Waals surface area contributed by atoms with Gasteiger partial charge in [0.05, 0.1) is 29.3 Å². The second-order valence-corrected chi connectivity index (χ2v) is 8.10. The molecule has 1 aliphatic carbocycles. The molecule has 3 rings (SSSR count). The van der Waals surface area contributed by atoms with Crippen LogP contribution < -0.4 is 4.72 Å². The average molecular weight is 370 g/mol. The summed E-state index contributed by atoms with van der Waals surface area (Å²) in [4.78, 5) is 11.6. The number of nitriles is 1. The van der Waals surface area contributed by atoms with Gasteiger partial charge in [-0.05, 0) is 41.7 Å². The summed E-state index contributed by atoms with van der Waals surface area (Å²) in [6.45, 7) is 0. The molecular formula is C19H18N2O4S. The van der Waals surface area contributed by atoms with Crippen LogP contribution in [0.1, 0.15) is 34.7 Å². The lowest BCUT2D eigenvalue weighted by Crippen LogP contribution is -2.40. The summed E-state index contributed by atoms with van der Waals surface area (Å²) in [5.74, 6) is -2.09. The summed E-state index contributed by atoms with van der Waals surface area (Å²) in [6, 6.07) is 14.8. The number of benzene rings is 2. The van der Waals surface area contributed by atoms with Crippen molar-refractivity contribution in [1.29, 1.82) is 5.26 Å². The highest BCUT2D eigenvalue weighted by Gasteiger charge is 2.36. The van der Waals surface area contributed by atoms with E-state index in [4.69, 9.17) is 5.26 Å². The predicted octanol–water partition coefficient (Wildman–Crippen LogP) is 2.37. The average Bonchev–Trinajstić information content (AvgIpc) is 2.62. The largest absolute Gasteiger partial charge is 0.481 e. The zero-order valence-electron chi connectivity index (χ0n) is 13.9. The van der Waals surface area contributed by atoms with Gasteiger partial charge in [0, 0.05) is 0 Å². The third-order valence-electron chi connectivity index (χ3n) is 4.58. The van der Waals surface area contributed by atoms with Crippen LogP contribution in [0.15, 0.2) is 48.5 Å². The summed E-state index contributed by atoms with van der Waals surface area (Å²) in [5, 5.41) is 18.3. The Hall–Kier alpha value is -2.69. The molecular weight excluding hydrogens is 352 g/mol. The standard InChI is InChI=1S/C19H18N2O4S/c20-11-13-5-7-14(8-6-13)12-26(24,25)21-18-16-4-2-1-3-15(16)9-10-17(18)19(22)23/h1-8,17-18,21H,9-10,12H2,(H,22,23)/t17-,18+/m1/s1. The van der Waals surface area contributed by atoms with Crippen molar-refractivity contribution in [3.05, 3.63) is 70.8 Å². The maximum atomic E-state index is 12.6. The maximum absolute atomic E-state index is 12.6. The Balaban J connectivity index is 1.86. The van der Waals surface area contributed by atoms with Gasteiger partial charge in [0.15, 0.2) is 0 Å². The van der Waals surface area contributed by atoms with Gasteiger partial charge in [-0.15, -0.1) is 0 Å². The first-order valence-electron chi connectivity index (χ1n) is 8.19. The number of hydrogen-bond acceptors (Lipinski definition) is 4. The lowest BCUT2D eigenvalue weighted by molar-refractivity contribution is -0.143. The highest BCUT2D eigenvalue weighted by atomic mass is 32.2. The summed E-state index contributed by atoms with van der Waals surface area (Å²) in [6.07, 6.45) is 0.997. The van der Waals surface area contributed by atoms with Gasteiger partial charge in [0.2, 0.25) is 10.0 Å². The summed E-state index contributed by atoms with van der Waals surface area (Å²) in [7, 11) is -3.76. The molecule has 26 heavy (non-hydrogen) atoms. The van der Waals surface area contributed by atoms with E-state index in [1.54, 1.807) is 36.4 Å². The quantitative estimate of drug-likeness (QED) is 0.840. The van der Waals surface area contributed by atoms with E-state index < -0.39 is 28.0 Å². The zero-order chi connectivity index (χ0) is 18.7. The molecule has 134 valence electrons. The molecule has 0 saturated carbocycles. The molecule has 1 aliphatic rings. The van der Waals surface area contributed by atoms with E-state index in [-0.39, 0.29) is 5.75 Å². The second kappa shape index (κ2) is 7.28. The normalized spacial score (nSPS) is 19.3. The molecule has 0 amide bonds. The number of aliphatic carboxylic acids is 1. The Morgan fingerprint density at radius 1 is 1.19 bits per heavy atom. The zero-order valence-corrected chi connectivity index (χ0v) is 14.7. The minimum atomic E-state index is -3.76. The number of rotatable bonds is 5. The van der Waals surface area contributed by atoms with E-state index in [2.05, 4.69) is 4.72 Å². The first-order chi connectivity index (χ1) is 12.4. The Morgan fingerprint density at radius 3 is 2.54 bits per heavy atom. The predicted molar refractivity (Wildman–Crippen MR) is 95.5 cm³/mol. The molecule has 2 N–H and O–H groups in total. The number of nitrogens with one attached hydrogen (secondary N) is 1. The van der Waals surface area contributed by atoms with Crippen molar-refractivity contribution in [3.8, 4) is 6.07 Å². The van der Waals surface area contributed by atoms with Crippen LogP contribution in [0.3, 0.4) is 0 Å². The monoisotopic (exact) mass is 370 g/mol. The van der Waals surface area contributed by atoms with Crippen LogP contribution in [0.5, 0.6) is 0 Å². The second-order valence-electron chi connectivity index (χ2n) is 6.35. The van der Waals surface area contributed by atoms with E-state index in [0.717, 1.165) is 11.1 Å². The number of hydrogen-bond donors (Lipinski definition) is 2. The third kappa shape index (κ3) is 3.93. The van der Waals surface area contributed by atoms with E-state index in [0.29, 0.717) is 24.0 Å². The Bertz CT molecular complexity index is 962. The number of fused-ring (bicyclic) bond motifs is 1. The molecule has 0 fully saturated rings. The molecule has 2 atom stereocenters. The van der Waals surface area contributed by atoms with Crippen LogP contribution in [0.4, 0.5) is 0 Å². The van der Waals surface area contributed by atoms with E-state index >= 15 is 0 Å². The SMILES string of the molecule is N#Cc1ccc(CS(=O)(=O)N[C@H]2c3ccccc3CC[C@H]2C(=O)O)cc1. The molecule has 6 nitrogen and oxygen atoms in total. The number of carbonyl (C=O) groups is 1. The number of nitrogens with zero attached hydrogens (tertiary/aromatic N) is 1. The fourth-order valence-corrected chi connectivity index (χ4v) is 4.69. The van der Waals surface area contributed by atoms with Crippen LogP contribution in [0, 0.1) is 17.2 Å². The maximum Gasteiger partial charge on any atom is 0.308 e. The molecule has 2 aromatic carbocycles. The molecule has 0 bridgehead atoms. The molecule has 2 aromatic rings. The van der Waals surface area contributed by atoms with E-state index in [9.17, 15) is 18.3 Å². The third-order valence-corrected chi connectivity index (χ3v) is 5.91. The molecule has 0 aromatic heterocycles. The van der Waals surface area contributed by atoms with Crippen LogP contribution in [-0.2, 0) is 27.0 Å². The van der Waals surface area contributed by atoms with Crippen LogP contribution in [-0.4, -0.2) is 19.5 Å². The summed E-state index contributed by atoms with van der Waals surface area (Å²) < 4.78 is 27.8. The molecule has 0 spiro atoms. The smallest absolute Gasteiger partial charge is 0.308 e. The minimum absolute atomic E-state index is 0.274. The van der Waals surface area contributed by atoms with Crippen molar-refractivity contribution in [2.45, 2.75) is 24.6 Å². The van der Waals surface area contributed by atoms with Crippen molar-refractivity contribution in [2.75, 3.05) is 0 Å². The van der Waals surface area contributed by atoms with E-state index in [1.165, 1.54) is 0 Å². The van der Waals surface area contributed by atoms with Crippen molar-refractivity contribution in [3.63, 3.8) is 0 Å². The Kier molecular flexibility index (Phi) is 5.07. The Labute approximate surface area is 152 Å². The number of carboxylic acid groups (broad SMARTS) is 1. The molecule has 0 radical (unpaired) electrons. The minimum Gasteiger partial charge on any atom is -0.481 e. The molecule has 0 saturated heterocycles. The van der Waals surface area contributed by atoms with Crippen molar-refractivity contribution < 1.29 is 18.3 Å². The van der Waals surface area contributed by atoms with Gasteiger partial charge in [0.25, 0.3) is 0 Å². The molecule has 0 heterocycles. The fraction of sp³-hybridized carbons (Fsp3) is 0.263. The Morgan fingerprint density at radius 2 is 1.88 bits per heavy atom. The van der Waals surface area contributed by atoms with Crippen LogP contribution in [0.2, 0.25) is 0 Å². The van der Waals surface area contributed by atoms with Crippen molar-refractivity contribution in [1.82, 2.24) is 4.72 Å². The lowest BCUT2D eigenvalue weighted by atomic mass is 9.80. The molecule has 0 aliphatic heterocycles. The van der Waals surface area contributed by atoms with Crippen LogP contribution >= 0.6 is 0 Å². The number of aryl methyl sites for hydroxylation is 1. The van der Waals surface area contributed by atoms with E-state index in [1.807, 2.05) is 18.2 Å². The van der Waals surface area contributed by atoms with Gasteiger partial charge in [-0.25, -0.2) is 13.1 Å². The van der Waals surface area contributed by atoms with Gasteiger partial charge in [-0.3, -0.25) is 4.79 Å². The summed E-state index contributed by atoms with van der Waals surface area (Å²) in [5.41, 5.74) is 2.67. The highest BCUT2D eigenvalue weighted by molar-refractivity contribution is 7.88. The summed E-state index contributed by atoms with van der Waals surface area (Å²) >= 11 is 0. The fourth-order valence-electron chi connectivity index (χ4n) is 3.30. The first kappa shape index (κ1) is 18.1. The van der Waals surface area contributed by atoms with Crippen molar-refractivity contribution >= 4 is 16.0 Å². The first-order valence-corrected chi connectivity index (χ1v) is 9.84. The number of carboxylic acids is 1. The molecule has 0 unspecified atom stereocenters. The van der Waals surface area contributed by atoms with Crippen LogP contribution in [0.25, 0.3) is 0 Å². The van der Waals surface area contributed by atoms with Gasteiger partial charge in [-0.1, -0.05) is 36.4 Å². The van der Waals surface area contributed by atoms with Gasteiger partial charge < -0.3 is 5.11 Å². The van der Waals surface area contributed by atoms with Gasteiger partial charge in [-0.2, -0.15) is 5.26 Å². The molecule has 7 heteroatoms. The van der Waals surface area contributed by atoms with Gasteiger partial charge >= 0.3 is 5.97 Å².